The molecule has 2 fully saturated rings. The summed E-state index contributed by atoms with van der Waals surface area (Å²) in [6.45, 7) is 4.12. The standard InChI is InChI=1S/C27H34N2O3S/c1-2-3-5-10-22-13-15-24(16-14-22)27-25-19-28(17-8-9-18-29(25)26(27)20-30)33(31,32)21-23-11-6-4-7-12-23/h4,6-7,11-16,25-27,30H,2-3,8-9,17-21H2,1H3/t25-,26-,27+/m0/s1. The lowest BCUT2D eigenvalue weighted by molar-refractivity contribution is -0.0554. The van der Waals surface area contributed by atoms with E-state index in [2.05, 4.69) is 35.8 Å². The first-order valence-electron chi connectivity index (χ1n) is 12.0. The third kappa shape index (κ3) is 5.50. The Labute approximate surface area is 198 Å². The Morgan fingerprint density at radius 3 is 2.45 bits per heavy atom. The second kappa shape index (κ2) is 10.8. The Hall–Kier alpha value is -2.17. The fourth-order valence-corrected chi connectivity index (χ4v) is 6.70. The first kappa shape index (κ1) is 24.0. The number of hydrogen-bond acceptors (Lipinski definition) is 4. The minimum atomic E-state index is -3.42. The van der Waals surface area contributed by atoms with Gasteiger partial charge in [0.2, 0.25) is 10.0 Å². The number of benzene rings is 2. The van der Waals surface area contributed by atoms with Crippen molar-refractivity contribution in [3.05, 3.63) is 71.3 Å². The molecule has 33 heavy (non-hydrogen) atoms. The van der Waals surface area contributed by atoms with Crippen LogP contribution in [0.1, 0.15) is 55.2 Å². The zero-order valence-corrected chi connectivity index (χ0v) is 20.2. The van der Waals surface area contributed by atoms with E-state index in [1.54, 1.807) is 4.31 Å². The van der Waals surface area contributed by atoms with Gasteiger partial charge in [0.05, 0.1) is 12.4 Å². The van der Waals surface area contributed by atoms with E-state index >= 15 is 0 Å². The summed E-state index contributed by atoms with van der Waals surface area (Å²) < 4.78 is 28.3. The molecule has 2 aliphatic heterocycles. The van der Waals surface area contributed by atoms with Crippen molar-refractivity contribution in [2.45, 2.75) is 56.4 Å². The minimum absolute atomic E-state index is 0.0276. The molecule has 0 spiro atoms. The van der Waals surface area contributed by atoms with E-state index in [0.29, 0.717) is 13.1 Å². The smallest absolute Gasteiger partial charge is 0.218 e. The van der Waals surface area contributed by atoms with Crippen LogP contribution in [0.15, 0.2) is 54.6 Å². The van der Waals surface area contributed by atoms with Crippen molar-refractivity contribution >= 4 is 10.0 Å². The van der Waals surface area contributed by atoms with Gasteiger partial charge < -0.3 is 5.11 Å². The van der Waals surface area contributed by atoms with Gasteiger partial charge in [-0.25, -0.2) is 12.7 Å². The Bertz CT molecular complexity index is 1070. The third-order valence-corrected chi connectivity index (χ3v) is 8.64. The lowest BCUT2D eigenvalue weighted by Crippen LogP contribution is -2.67. The lowest BCUT2D eigenvalue weighted by Gasteiger charge is -2.57. The number of aliphatic hydroxyl groups is 1. The van der Waals surface area contributed by atoms with E-state index < -0.39 is 10.0 Å². The molecule has 0 saturated carbocycles. The third-order valence-electron chi connectivity index (χ3n) is 6.82. The fraction of sp³-hybridized carbons (Fsp3) is 0.481. The molecule has 2 aromatic rings. The highest BCUT2D eigenvalue weighted by Gasteiger charge is 2.50. The number of rotatable bonds is 6. The van der Waals surface area contributed by atoms with E-state index in [-0.39, 0.29) is 30.4 Å². The molecule has 2 aliphatic rings. The zero-order chi connectivity index (χ0) is 23.3. The summed E-state index contributed by atoms with van der Waals surface area (Å²) in [6.07, 6.45) is 3.71. The maximum atomic E-state index is 13.3. The Morgan fingerprint density at radius 1 is 1.03 bits per heavy atom. The minimum Gasteiger partial charge on any atom is -0.395 e. The molecular formula is C27H34N2O3S. The van der Waals surface area contributed by atoms with Gasteiger partial charge in [0.15, 0.2) is 0 Å². The van der Waals surface area contributed by atoms with Crippen LogP contribution in [-0.2, 0) is 15.8 Å². The fourth-order valence-electron chi connectivity index (χ4n) is 5.12. The van der Waals surface area contributed by atoms with Gasteiger partial charge in [0.1, 0.15) is 0 Å². The maximum absolute atomic E-state index is 13.3. The van der Waals surface area contributed by atoms with E-state index in [1.165, 1.54) is 0 Å². The first-order valence-corrected chi connectivity index (χ1v) is 13.6. The number of unbranched alkanes of at least 4 members (excludes halogenated alkanes) is 1. The molecule has 0 radical (unpaired) electrons. The molecule has 2 heterocycles. The van der Waals surface area contributed by atoms with Crippen molar-refractivity contribution in [2.24, 2.45) is 0 Å². The summed E-state index contributed by atoms with van der Waals surface area (Å²) in [5.41, 5.74) is 2.96. The van der Waals surface area contributed by atoms with Crippen LogP contribution >= 0.6 is 0 Å². The molecular weight excluding hydrogens is 432 g/mol. The average molecular weight is 467 g/mol. The van der Waals surface area contributed by atoms with Crippen LogP contribution in [0.3, 0.4) is 0 Å². The van der Waals surface area contributed by atoms with E-state index in [4.69, 9.17) is 0 Å². The van der Waals surface area contributed by atoms with Crippen molar-refractivity contribution in [3.63, 3.8) is 0 Å². The molecule has 2 saturated heterocycles. The molecule has 1 N–H and O–H groups in total. The van der Waals surface area contributed by atoms with Gasteiger partial charge in [-0.05, 0) is 49.1 Å². The van der Waals surface area contributed by atoms with Crippen LogP contribution in [0, 0.1) is 11.8 Å². The summed E-state index contributed by atoms with van der Waals surface area (Å²) in [5, 5.41) is 10.1. The van der Waals surface area contributed by atoms with Crippen LogP contribution in [0.4, 0.5) is 0 Å². The SMILES string of the molecule is CCCC#Cc1ccc([C@H]2[C@H](CO)N3CCCCN(S(=O)(=O)Cc4ccccc4)C[C@@H]23)cc1. The molecule has 0 aliphatic carbocycles. The molecule has 0 bridgehead atoms. The van der Waals surface area contributed by atoms with Gasteiger partial charge in [-0.3, -0.25) is 4.90 Å². The van der Waals surface area contributed by atoms with Gasteiger partial charge >= 0.3 is 0 Å². The number of aliphatic hydroxyl groups excluding tert-OH is 1. The molecule has 3 atom stereocenters. The highest BCUT2D eigenvalue weighted by atomic mass is 32.2. The predicted octanol–water partition coefficient (Wildman–Crippen LogP) is 3.59. The number of hydrogen-bond donors (Lipinski definition) is 1. The van der Waals surface area contributed by atoms with Crippen molar-refractivity contribution < 1.29 is 13.5 Å². The first-order chi connectivity index (χ1) is 16.0. The van der Waals surface area contributed by atoms with Crippen LogP contribution in [0.2, 0.25) is 0 Å². The Kier molecular flexibility index (Phi) is 7.87. The second-order valence-electron chi connectivity index (χ2n) is 9.06. The van der Waals surface area contributed by atoms with Crippen LogP contribution < -0.4 is 0 Å². The highest BCUT2D eigenvalue weighted by Crippen LogP contribution is 2.42. The normalized spacial score (nSPS) is 24.0. The van der Waals surface area contributed by atoms with E-state index in [1.807, 2.05) is 42.5 Å². The lowest BCUT2D eigenvalue weighted by atomic mass is 9.74. The van der Waals surface area contributed by atoms with Crippen molar-refractivity contribution in [3.8, 4) is 11.8 Å². The van der Waals surface area contributed by atoms with Gasteiger partial charge in [-0.1, -0.05) is 61.2 Å². The maximum Gasteiger partial charge on any atom is 0.218 e. The summed E-state index contributed by atoms with van der Waals surface area (Å²) in [7, 11) is -3.42. The van der Waals surface area contributed by atoms with Crippen molar-refractivity contribution in [1.82, 2.24) is 9.21 Å². The number of fused-ring (bicyclic) bond motifs is 1. The van der Waals surface area contributed by atoms with Gasteiger partial charge in [0.25, 0.3) is 0 Å². The largest absolute Gasteiger partial charge is 0.395 e. The molecule has 0 amide bonds. The second-order valence-corrected chi connectivity index (χ2v) is 11.0. The van der Waals surface area contributed by atoms with E-state index in [9.17, 15) is 13.5 Å². The molecule has 176 valence electrons. The predicted molar refractivity (Wildman–Crippen MR) is 132 cm³/mol. The Balaban J connectivity index is 1.54. The van der Waals surface area contributed by atoms with Crippen molar-refractivity contribution in [2.75, 3.05) is 26.2 Å². The van der Waals surface area contributed by atoms with Crippen LogP contribution in [-0.4, -0.2) is 61.1 Å². The van der Waals surface area contributed by atoms with Gasteiger partial charge in [-0.15, -0.1) is 0 Å². The quantitative estimate of drug-likeness (QED) is 0.661. The molecule has 0 aromatic heterocycles. The summed E-state index contributed by atoms with van der Waals surface area (Å²) >= 11 is 0. The average Bonchev–Trinajstić information content (AvgIpc) is 2.79. The van der Waals surface area contributed by atoms with Gasteiger partial charge in [-0.2, -0.15) is 0 Å². The van der Waals surface area contributed by atoms with Crippen LogP contribution in [0.5, 0.6) is 0 Å². The molecule has 2 aromatic carbocycles. The highest BCUT2D eigenvalue weighted by molar-refractivity contribution is 7.88. The summed E-state index contributed by atoms with van der Waals surface area (Å²) in [5.74, 6) is 6.52. The molecule has 5 nitrogen and oxygen atoms in total. The van der Waals surface area contributed by atoms with Crippen molar-refractivity contribution in [1.29, 1.82) is 0 Å². The zero-order valence-electron chi connectivity index (χ0n) is 19.4. The van der Waals surface area contributed by atoms with Gasteiger partial charge in [0, 0.05) is 43.1 Å². The summed E-state index contributed by atoms with van der Waals surface area (Å²) in [6, 6.07) is 17.8. The summed E-state index contributed by atoms with van der Waals surface area (Å²) in [4.78, 5) is 2.31. The number of sulfonamides is 1. The molecule has 4 rings (SSSR count). The monoisotopic (exact) mass is 466 g/mol. The molecule has 0 unspecified atom stereocenters. The molecule has 6 heteroatoms. The Morgan fingerprint density at radius 2 is 1.76 bits per heavy atom. The topological polar surface area (TPSA) is 60.9 Å². The van der Waals surface area contributed by atoms with Crippen LogP contribution in [0.25, 0.3) is 0 Å². The van der Waals surface area contributed by atoms with E-state index in [0.717, 1.165) is 48.9 Å². The number of nitrogens with zero attached hydrogens (tertiary/aromatic N) is 2.